The number of benzene rings is 3. The largest absolute Gasteiger partial charge is 0.437 e. The van der Waals surface area contributed by atoms with Gasteiger partial charge in [0.2, 0.25) is 5.88 Å². The van der Waals surface area contributed by atoms with E-state index in [1.807, 2.05) is 0 Å². The Morgan fingerprint density at radius 1 is 0.867 bits per heavy atom. The standard InChI is InChI=1S/C20H11FN4O5/c21-13-6-8-15(9-7-13)30-20-18(12-4-2-1-3-5-12)23-19-16(22-20)10-14(24(26)27)11-17(19)25(28)29/h1-11H. The van der Waals surface area contributed by atoms with Crippen LogP contribution in [0.4, 0.5) is 15.8 Å². The molecular weight excluding hydrogens is 395 g/mol. The molecule has 0 fully saturated rings. The predicted octanol–water partition coefficient (Wildman–Crippen LogP) is 5.04. The van der Waals surface area contributed by atoms with E-state index in [1.54, 1.807) is 30.3 Å². The Labute approximate surface area is 167 Å². The van der Waals surface area contributed by atoms with Gasteiger partial charge < -0.3 is 4.74 Å². The second-order valence-corrected chi connectivity index (χ2v) is 6.15. The van der Waals surface area contributed by atoms with Crippen LogP contribution in [0, 0.1) is 26.0 Å². The van der Waals surface area contributed by atoms with Gasteiger partial charge in [-0.2, -0.15) is 0 Å². The van der Waals surface area contributed by atoms with E-state index in [0.29, 0.717) is 5.56 Å². The molecule has 0 saturated carbocycles. The molecule has 0 radical (unpaired) electrons. The number of aromatic nitrogens is 2. The minimum Gasteiger partial charge on any atom is -0.437 e. The normalized spacial score (nSPS) is 10.7. The molecule has 1 heterocycles. The number of hydrogen-bond acceptors (Lipinski definition) is 7. The summed E-state index contributed by atoms with van der Waals surface area (Å²) in [5.41, 5.74) is -0.467. The van der Waals surface area contributed by atoms with Crippen molar-refractivity contribution in [1.29, 1.82) is 0 Å². The molecule has 148 valence electrons. The van der Waals surface area contributed by atoms with E-state index in [1.165, 1.54) is 24.3 Å². The highest BCUT2D eigenvalue weighted by atomic mass is 19.1. The SMILES string of the molecule is O=[N+]([O-])c1cc([N+](=O)[O-])c2nc(-c3ccccc3)c(Oc3ccc(F)cc3)nc2c1. The van der Waals surface area contributed by atoms with Gasteiger partial charge in [-0.15, -0.1) is 0 Å². The van der Waals surface area contributed by atoms with E-state index in [4.69, 9.17) is 4.74 Å². The van der Waals surface area contributed by atoms with E-state index in [9.17, 15) is 24.6 Å². The lowest BCUT2D eigenvalue weighted by molar-refractivity contribution is -0.393. The molecule has 0 atom stereocenters. The lowest BCUT2D eigenvalue weighted by Crippen LogP contribution is -2.01. The summed E-state index contributed by atoms with van der Waals surface area (Å²) < 4.78 is 19.0. The van der Waals surface area contributed by atoms with Gasteiger partial charge in [0.15, 0.2) is 5.52 Å². The van der Waals surface area contributed by atoms with E-state index in [2.05, 4.69) is 9.97 Å². The highest BCUT2D eigenvalue weighted by Crippen LogP contribution is 2.36. The van der Waals surface area contributed by atoms with Crippen LogP contribution in [0.2, 0.25) is 0 Å². The summed E-state index contributed by atoms with van der Waals surface area (Å²) in [6.45, 7) is 0. The molecule has 0 unspecified atom stereocenters. The van der Waals surface area contributed by atoms with Crippen LogP contribution in [0.5, 0.6) is 11.6 Å². The first-order valence-electron chi connectivity index (χ1n) is 8.56. The predicted molar refractivity (Wildman–Crippen MR) is 105 cm³/mol. The fourth-order valence-corrected chi connectivity index (χ4v) is 2.83. The van der Waals surface area contributed by atoms with Crippen LogP contribution in [0.1, 0.15) is 0 Å². The first-order valence-corrected chi connectivity index (χ1v) is 8.56. The molecular formula is C20H11FN4O5. The van der Waals surface area contributed by atoms with Gasteiger partial charge in [0.05, 0.1) is 15.9 Å². The summed E-state index contributed by atoms with van der Waals surface area (Å²) in [6, 6.07) is 15.8. The van der Waals surface area contributed by atoms with Gasteiger partial charge in [0.25, 0.3) is 5.69 Å². The van der Waals surface area contributed by atoms with Crippen LogP contribution in [-0.2, 0) is 0 Å². The fourth-order valence-electron chi connectivity index (χ4n) is 2.83. The quantitative estimate of drug-likeness (QED) is 0.336. The molecule has 0 aliphatic carbocycles. The Hall–Kier alpha value is -4.47. The maximum Gasteiger partial charge on any atom is 0.303 e. The summed E-state index contributed by atoms with van der Waals surface area (Å²) in [6.07, 6.45) is 0. The van der Waals surface area contributed by atoms with E-state index in [0.717, 1.165) is 12.1 Å². The zero-order valence-corrected chi connectivity index (χ0v) is 15.1. The average molecular weight is 406 g/mol. The van der Waals surface area contributed by atoms with Crippen molar-refractivity contribution in [2.24, 2.45) is 0 Å². The second-order valence-electron chi connectivity index (χ2n) is 6.15. The number of nitrogens with zero attached hydrogens (tertiary/aromatic N) is 4. The number of halogens is 1. The van der Waals surface area contributed by atoms with Crippen molar-refractivity contribution in [2.45, 2.75) is 0 Å². The third-order valence-corrected chi connectivity index (χ3v) is 4.19. The molecule has 0 N–H and O–H groups in total. The Kier molecular flexibility index (Phi) is 4.72. The Morgan fingerprint density at radius 3 is 2.20 bits per heavy atom. The van der Waals surface area contributed by atoms with Crippen molar-refractivity contribution >= 4 is 22.4 Å². The molecule has 4 aromatic rings. The molecule has 0 bridgehead atoms. The molecule has 10 heteroatoms. The molecule has 30 heavy (non-hydrogen) atoms. The van der Waals surface area contributed by atoms with Crippen molar-refractivity contribution < 1.29 is 19.0 Å². The van der Waals surface area contributed by atoms with E-state index >= 15 is 0 Å². The molecule has 0 aliphatic rings. The lowest BCUT2D eigenvalue weighted by Gasteiger charge is -2.11. The topological polar surface area (TPSA) is 121 Å². The Balaban J connectivity index is 1.98. The molecule has 0 aliphatic heterocycles. The van der Waals surface area contributed by atoms with E-state index in [-0.39, 0.29) is 28.4 Å². The molecule has 0 saturated heterocycles. The average Bonchev–Trinajstić information content (AvgIpc) is 2.74. The number of rotatable bonds is 5. The first kappa shape index (κ1) is 18.9. The minimum atomic E-state index is -0.751. The summed E-state index contributed by atoms with van der Waals surface area (Å²) in [4.78, 5) is 29.8. The number of non-ortho nitro benzene ring substituents is 2. The van der Waals surface area contributed by atoms with Crippen molar-refractivity contribution in [3.63, 3.8) is 0 Å². The number of nitro benzene ring substituents is 2. The van der Waals surface area contributed by atoms with Crippen LogP contribution in [0.3, 0.4) is 0 Å². The van der Waals surface area contributed by atoms with Gasteiger partial charge >= 0.3 is 5.69 Å². The smallest absolute Gasteiger partial charge is 0.303 e. The number of nitro groups is 2. The molecule has 3 aromatic carbocycles. The van der Waals surface area contributed by atoms with Crippen molar-refractivity contribution in [3.05, 3.63) is 92.8 Å². The van der Waals surface area contributed by atoms with Gasteiger partial charge in [-0.25, -0.2) is 14.4 Å². The fraction of sp³-hybridized carbons (Fsp3) is 0. The maximum atomic E-state index is 13.2. The number of hydrogen-bond donors (Lipinski definition) is 0. The molecule has 1 aromatic heterocycles. The molecule has 0 spiro atoms. The summed E-state index contributed by atoms with van der Waals surface area (Å²) in [7, 11) is 0. The summed E-state index contributed by atoms with van der Waals surface area (Å²) in [5.74, 6) is -0.237. The Bertz CT molecular complexity index is 1280. The first-order chi connectivity index (χ1) is 14.4. The highest BCUT2D eigenvalue weighted by Gasteiger charge is 2.24. The highest BCUT2D eigenvalue weighted by molar-refractivity contribution is 5.89. The van der Waals surface area contributed by atoms with Crippen molar-refractivity contribution in [3.8, 4) is 22.9 Å². The van der Waals surface area contributed by atoms with Gasteiger partial charge in [0, 0.05) is 11.6 Å². The van der Waals surface area contributed by atoms with Gasteiger partial charge in [-0.1, -0.05) is 30.3 Å². The summed E-state index contributed by atoms with van der Waals surface area (Å²) in [5, 5.41) is 22.7. The van der Waals surface area contributed by atoms with Crippen LogP contribution < -0.4 is 4.74 Å². The zero-order valence-electron chi connectivity index (χ0n) is 15.1. The van der Waals surface area contributed by atoms with Crippen molar-refractivity contribution in [2.75, 3.05) is 0 Å². The molecule has 0 amide bonds. The Morgan fingerprint density at radius 2 is 1.57 bits per heavy atom. The van der Waals surface area contributed by atoms with Gasteiger partial charge in [-0.05, 0) is 24.3 Å². The molecule has 9 nitrogen and oxygen atoms in total. The van der Waals surface area contributed by atoms with Gasteiger partial charge in [-0.3, -0.25) is 20.2 Å². The van der Waals surface area contributed by atoms with Crippen LogP contribution >= 0.6 is 0 Å². The molecule has 4 rings (SSSR count). The van der Waals surface area contributed by atoms with Gasteiger partial charge in [0.1, 0.15) is 22.8 Å². The van der Waals surface area contributed by atoms with Crippen LogP contribution in [-0.4, -0.2) is 19.8 Å². The number of fused-ring (bicyclic) bond motifs is 1. The number of ether oxygens (including phenoxy) is 1. The summed E-state index contributed by atoms with van der Waals surface area (Å²) >= 11 is 0. The zero-order chi connectivity index (χ0) is 21.3. The monoisotopic (exact) mass is 406 g/mol. The van der Waals surface area contributed by atoms with Crippen molar-refractivity contribution in [1.82, 2.24) is 9.97 Å². The third-order valence-electron chi connectivity index (χ3n) is 4.19. The van der Waals surface area contributed by atoms with Crippen LogP contribution in [0.25, 0.3) is 22.3 Å². The second kappa shape index (κ2) is 7.51. The third kappa shape index (κ3) is 3.61. The maximum absolute atomic E-state index is 13.2. The minimum absolute atomic E-state index is 0.0323. The van der Waals surface area contributed by atoms with E-state index < -0.39 is 27.0 Å². The lowest BCUT2D eigenvalue weighted by atomic mass is 10.1. The van der Waals surface area contributed by atoms with Crippen LogP contribution in [0.15, 0.2) is 66.7 Å².